The Morgan fingerprint density at radius 1 is 0.744 bits per heavy atom. The van der Waals surface area contributed by atoms with E-state index in [0.29, 0.717) is 29.9 Å². The molecule has 3 aromatic rings. The molecule has 0 spiro atoms. The van der Waals surface area contributed by atoms with Gasteiger partial charge >= 0.3 is 5.97 Å². The molecular weight excluding hydrogens is 504 g/mol. The molecule has 0 bridgehead atoms. The summed E-state index contributed by atoms with van der Waals surface area (Å²) < 4.78 is 21.1. The van der Waals surface area contributed by atoms with E-state index < -0.39 is 5.97 Å². The molecule has 0 aliphatic carbocycles. The van der Waals surface area contributed by atoms with Gasteiger partial charge in [0.05, 0.1) is 27.9 Å². The second-order valence-electron chi connectivity index (χ2n) is 9.02. The number of aromatic hydroxyl groups is 3. The predicted octanol–water partition coefficient (Wildman–Crippen LogP) is 4.10. The van der Waals surface area contributed by atoms with Crippen LogP contribution in [0.3, 0.4) is 0 Å². The lowest BCUT2D eigenvalue weighted by molar-refractivity contribution is -0.139. The minimum absolute atomic E-state index is 0.00720. The van der Waals surface area contributed by atoms with Gasteiger partial charge in [-0.3, -0.25) is 0 Å². The van der Waals surface area contributed by atoms with Gasteiger partial charge in [0.15, 0.2) is 34.5 Å². The third-order valence-electron chi connectivity index (χ3n) is 6.44. The van der Waals surface area contributed by atoms with Gasteiger partial charge in [-0.2, -0.15) is 0 Å². The number of esters is 1. The molecule has 3 rings (SSSR count). The summed E-state index contributed by atoms with van der Waals surface area (Å²) in [7, 11) is 4.36. The number of hydrogen-bond acceptors (Lipinski definition) is 9. The highest BCUT2D eigenvalue weighted by atomic mass is 16.5. The van der Waals surface area contributed by atoms with E-state index in [9.17, 15) is 25.2 Å². The van der Waals surface area contributed by atoms with Gasteiger partial charge in [0.25, 0.3) is 0 Å². The summed E-state index contributed by atoms with van der Waals surface area (Å²) >= 11 is 0. The van der Waals surface area contributed by atoms with Crippen LogP contribution < -0.4 is 14.2 Å². The minimum atomic E-state index is -0.571. The number of ether oxygens (including phenoxy) is 4. The monoisotopic (exact) mass is 538 g/mol. The fourth-order valence-electron chi connectivity index (χ4n) is 4.24. The SMILES string of the molecule is COc1cc(/C=C/C(=O)OC[C@H](Cc2ccc(O)c(OC)c2)[C@H](CO)Cc2ccc(O)c(OC)c2)ccc1O. The molecular formula is C30H34O9. The maximum Gasteiger partial charge on any atom is 0.330 e. The molecule has 0 aliphatic rings. The van der Waals surface area contributed by atoms with Crippen LogP contribution in [0.25, 0.3) is 6.08 Å². The summed E-state index contributed by atoms with van der Waals surface area (Å²) in [6, 6.07) is 14.7. The lowest BCUT2D eigenvalue weighted by Gasteiger charge is -2.26. The fraction of sp³-hybridized carbons (Fsp3) is 0.300. The van der Waals surface area contributed by atoms with Gasteiger partial charge < -0.3 is 39.4 Å². The lowest BCUT2D eigenvalue weighted by Crippen LogP contribution is -2.28. The number of benzene rings is 3. The summed E-state index contributed by atoms with van der Waals surface area (Å²) in [5.41, 5.74) is 2.31. The number of aliphatic hydroxyl groups excluding tert-OH is 1. The van der Waals surface area contributed by atoms with E-state index in [-0.39, 0.29) is 48.0 Å². The van der Waals surface area contributed by atoms with Crippen molar-refractivity contribution in [2.45, 2.75) is 12.8 Å². The van der Waals surface area contributed by atoms with Crippen molar-refractivity contribution in [1.82, 2.24) is 0 Å². The van der Waals surface area contributed by atoms with Crippen LogP contribution in [0.15, 0.2) is 60.7 Å². The maximum absolute atomic E-state index is 12.6. The Morgan fingerprint density at radius 2 is 1.23 bits per heavy atom. The van der Waals surface area contributed by atoms with E-state index >= 15 is 0 Å². The highest BCUT2D eigenvalue weighted by Gasteiger charge is 2.24. The standard InChI is InChI=1S/C30H34O9/c1-36-27-14-19(4-8-24(27)32)7-11-30(35)39-18-23(13-21-6-10-26(34)29(16-21)38-3)22(17-31)12-20-5-9-25(33)28(15-20)37-2/h4-11,14-16,22-23,31-34H,12-13,17-18H2,1-3H3/b11-7+/t22-,23-/m0/s1. The first kappa shape index (κ1) is 29.2. The molecule has 3 aromatic carbocycles. The van der Waals surface area contributed by atoms with Crippen LogP contribution >= 0.6 is 0 Å². The van der Waals surface area contributed by atoms with Crippen molar-refractivity contribution in [3.05, 3.63) is 77.4 Å². The van der Waals surface area contributed by atoms with E-state index in [1.165, 1.54) is 45.6 Å². The molecule has 0 heterocycles. The first-order valence-corrected chi connectivity index (χ1v) is 12.3. The highest BCUT2D eigenvalue weighted by molar-refractivity contribution is 5.87. The van der Waals surface area contributed by atoms with E-state index in [0.717, 1.165) is 11.1 Å². The number of rotatable bonds is 13. The Bertz CT molecular complexity index is 1290. The molecule has 4 N–H and O–H groups in total. The van der Waals surface area contributed by atoms with Gasteiger partial charge in [-0.15, -0.1) is 0 Å². The molecule has 0 unspecified atom stereocenters. The summed E-state index contributed by atoms with van der Waals surface area (Å²) in [4.78, 5) is 12.6. The summed E-state index contributed by atoms with van der Waals surface area (Å²) in [5.74, 6) is -0.230. The van der Waals surface area contributed by atoms with Crippen molar-refractivity contribution in [3.63, 3.8) is 0 Å². The van der Waals surface area contributed by atoms with Crippen molar-refractivity contribution in [1.29, 1.82) is 0 Å². The molecule has 9 heteroatoms. The van der Waals surface area contributed by atoms with Crippen LogP contribution in [0.2, 0.25) is 0 Å². The third-order valence-corrected chi connectivity index (χ3v) is 6.44. The molecule has 0 fully saturated rings. The average Bonchev–Trinajstić information content (AvgIpc) is 2.95. The first-order valence-electron chi connectivity index (χ1n) is 12.3. The van der Waals surface area contributed by atoms with E-state index in [2.05, 4.69) is 0 Å². The Morgan fingerprint density at radius 3 is 1.74 bits per heavy atom. The molecule has 2 atom stereocenters. The number of phenols is 3. The molecule has 208 valence electrons. The largest absolute Gasteiger partial charge is 0.504 e. The van der Waals surface area contributed by atoms with Crippen molar-refractivity contribution >= 4 is 12.0 Å². The first-order chi connectivity index (χ1) is 18.8. The van der Waals surface area contributed by atoms with Gasteiger partial charge in [0.1, 0.15) is 0 Å². The Balaban J connectivity index is 1.79. The zero-order valence-corrected chi connectivity index (χ0v) is 22.2. The lowest BCUT2D eigenvalue weighted by atomic mass is 9.83. The Kier molecular flexibility index (Phi) is 10.5. The molecule has 0 saturated carbocycles. The van der Waals surface area contributed by atoms with Crippen molar-refractivity contribution in [2.75, 3.05) is 34.5 Å². The topological polar surface area (TPSA) is 135 Å². The van der Waals surface area contributed by atoms with E-state index in [1.807, 2.05) is 0 Å². The second-order valence-corrected chi connectivity index (χ2v) is 9.02. The van der Waals surface area contributed by atoms with Crippen LogP contribution in [-0.4, -0.2) is 60.9 Å². The average molecular weight is 539 g/mol. The van der Waals surface area contributed by atoms with Gasteiger partial charge in [-0.05, 0) is 77.9 Å². The van der Waals surface area contributed by atoms with E-state index in [1.54, 1.807) is 42.5 Å². The van der Waals surface area contributed by atoms with Gasteiger partial charge in [-0.25, -0.2) is 4.79 Å². The quantitative estimate of drug-likeness (QED) is 0.187. The summed E-state index contributed by atoms with van der Waals surface area (Å²) in [5, 5.41) is 40.0. The molecule has 0 amide bonds. The highest BCUT2D eigenvalue weighted by Crippen LogP contribution is 2.32. The molecule has 0 aliphatic heterocycles. The van der Waals surface area contributed by atoms with Gasteiger partial charge in [0, 0.05) is 18.6 Å². The van der Waals surface area contributed by atoms with Gasteiger partial charge in [-0.1, -0.05) is 18.2 Å². The molecule has 9 nitrogen and oxygen atoms in total. The van der Waals surface area contributed by atoms with Crippen LogP contribution in [0.5, 0.6) is 34.5 Å². The zero-order chi connectivity index (χ0) is 28.4. The Labute approximate surface area is 227 Å². The normalized spacial score (nSPS) is 12.6. The van der Waals surface area contributed by atoms with E-state index in [4.69, 9.17) is 18.9 Å². The number of carbonyl (C=O) groups excluding carboxylic acids is 1. The number of methoxy groups -OCH3 is 3. The summed E-state index contributed by atoms with van der Waals surface area (Å²) in [6.45, 7) is -0.157. The number of aliphatic hydroxyl groups is 1. The maximum atomic E-state index is 12.6. The fourth-order valence-corrected chi connectivity index (χ4v) is 4.24. The van der Waals surface area contributed by atoms with Gasteiger partial charge in [0.2, 0.25) is 0 Å². The molecule has 0 aromatic heterocycles. The minimum Gasteiger partial charge on any atom is -0.504 e. The zero-order valence-electron chi connectivity index (χ0n) is 22.2. The Hall–Kier alpha value is -4.37. The molecule has 39 heavy (non-hydrogen) atoms. The van der Waals surface area contributed by atoms with Crippen LogP contribution in [0.4, 0.5) is 0 Å². The summed E-state index contributed by atoms with van der Waals surface area (Å²) in [6.07, 6.45) is 3.71. The number of carbonyl (C=O) groups is 1. The molecule has 0 saturated heterocycles. The third kappa shape index (κ3) is 8.05. The van der Waals surface area contributed by atoms with Crippen LogP contribution in [0.1, 0.15) is 16.7 Å². The smallest absolute Gasteiger partial charge is 0.330 e. The van der Waals surface area contributed by atoms with Crippen molar-refractivity contribution < 1.29 is 44.2 Å². The predicted molar refractivity (Wildman–Crippen MR) is 145 cm³/mol. The second kappa shape index (κ2) is 14.0. The number of hydrogen-bond donors (Lipinski definition) is 4. The van der Waals surface area contributed by atoms with Crippen LogP contribution in [0, 0.1) is 11.8 Å². The number of phenolic OH excluding ortho intramolecular Hbond substituents is 3. The molecule has 0 radical (unpaired) electrons. The van der Waals surface area contributed by atoms with Crippen LogP contribution in [-0.2, 0) is 22.4 Å². The van der Waals surface area contributed by atoms with Crippen molar-refractivity contribution in [2.24, 2.45) is 11.8 Å². The van der Waals surface area contributed by atoms with Crippen molar-refractivity contribution in [3.8, 4) is 34.5 Å².